The van der Waals surface area contributed by atoms with Gasteiger partial charge < -0.3 is 9.15 Å². The van der Waals surface area contributed by atoms with E-state index in [1.54, 1.807) is 18.2 Å². The van der Waals surface area contributed by atoms with Crippen LogP contribution in [0.15, 0.2) is 82.0 Å². The number of fused-ring (bicyclic) bond motifs is 1. The number of halogens is 1. The summed E-state index contributed by atoms with van der Waals surface area (Å²) in [5.74, 6) is 0.243. The SMILES string of the molecule is Cc1c(OCc2ccccc2F)ccc2c(-c3ccccc3)cc(=O)oc12. The van der Waals surface area contributed by atoms with Crippen molar-refractivity contribution >= 4 is 11.0 Å². The van der Waals surface area contributed by atoms with Crippen LogP contribution in [-0.2, 0) is 6.61 Å². The molecular formula is C23H17FO3. The lowest BCUT2D eigenvalue weighted by molar-refractivity contribution is 0.297. The van der Waals surface area contributed by atoms with E-state index in [1.165, 1.54) is 12.1 Å². The summed E-state index contributed by atoms with van der Waals surface area (Å²) >= 11 is 0. The maximum atomic E-state index is 13.8. The quantitative estimate of drug-likeness (QED) is 0.452. The van der Waals surface area contributed by atoms with E-state index in [0.717, 1.165) is 16.5 Å². The molecule has 27 heavy (non-hydrogen) atoms. The lowest BCUT2D eigenvalue weighted by Gasteiger charge is -2.13. The summed E-state index contributed by atoms with van der Waals surface area (Å²) in [6.45, 7) is 1.93. The highest BCUT2D eigenvalue weighted by atomic mass is 19.1. The molecule has 4 rings (SSSR count). The van der Waals surface area contributed by atoms with E-state index in [9.17, 15) is 9.18 Å². The molecule has 0 radical (unpaired) electrons. The van der Waals surface area contributed by atoms with Crippen molar-refractivity contribution in [2.45, 2.75) is 13.5 Å². The van der Waals surface area contributed by atoms with Crippen LogP contribution in [0.4, 0.5) is 4.39 Å². The van der Waals surface area contributed by atoms with E-state index >= 15 is 0 Å². The van der Waals surface area contributed by atoms with Gasteiger partial charge in [0.25, 0.3) is 0 Å². The molecule has 1 heterocycles. The van der Waals surface area contributed by atoms with E-state index in [-0.39, 0.29) is 12.4 Å². The zero-order chi connectivity index (χ0) is 18.8. The van der Waals surface area contributed by atoms with Crippen LogP contribution in [0.5, 0.6) is 5.75 Å². The van der Waals surface area contributed by atoms with Crippen molar-refractivity contribution in [3.63, 3.8) is 0 Å². The van der Waals surface area contributed by atoms with Gasteiger partial charge in [0.05, 0.1) is 0 Å². The number of aryl methyl sites for hydroxylation is 1. The maximum absolute atomic E-state index is 13.8. The number of rotatable bonds is 4. The molecule has 0 unspecified atom stereocenters. The minimum Gasteiger partial charge on any atom is -0.488 e. The molecule has 3 aromatic carbocycles. The fraction of sp³-hybridized carbons (Fsp3) is 0.0870. The van der Waals surface area contributed by atoms with Crippen molar-refractivity contribution in [1.82, 2.24) is 0 Å². The summed E-state index contributed by atoms with van der Waals surface area (Å²) in [7, 11) is 0. The summed E-state index contributed by atoms with van der Waals surface area (Å²) in [6.07, 6.45) is 0. The third-order valence-electron chi connectivity index (χ3n) is 4.54. The average molecular weight is 360 g/mol. The molecule has 0 aliphatic heterocycles. The predicted molar refractivity (Wildman–Crippen MR) is 103 cm³/mol. The summed E-state index contributed by atoms with van der Waals surface area (Å²) in [6, 6.07) is 21.3. The Morgan fingerprint density at radius 2 is 1.70 bits per heavy atom. The first-order chi connectivity index (χ1) is 13.1. The van der Waals surface area contributed by atoms with Gasteiger partial charge in [0.2, 0.25) is 0 Å². The minimum atomic E-state index is -0.421. The summed E-state index contributed by atoms with van der Waals surface area (Å²) in [5.41, 5.74) is 2.98. The lowest BCUT2D eigenvalue weighted by Crippen LogP contribution is -2.02. The molecule has 0 aliphatic carbocycles. The van der Waals surface area contributed by atoms with E-state index in [4.69, 9.17) is 9.15 Å². The predicted octanol–water partition coefficient (Wildman–Crippen LogP) is 5.49. The summed E-state index contributed by atoms with van der Waals surface area (Å²) in [5, 5.41) is 0.830. The van der Waals surface area contributed by atoms with Gasteiger partial charge in [-0.05, 0) is 36.2 Å². The van der Waals surface area contributed by atoms with Crippen molar-refractivity contribution in [1.29, 1.82) is 0 Å². The van der Waals surface area contributed by atoms with Crippen LogP contribution in [0.25, 0.3) is 22.1 Å². The molecule has 134 valence electrons. The Hall–Kier alpha value is -3.40. The zero-order valence-electron chi connectivity index (χ0n) is 14.7. The van der Waals surface area contributed by atoms with Gasteiger partial charge in [-0.3, -0.25) is 0 Å². The van der Waals surface area contributed by atoms with Gasteiger partial charge in [0.15, 0.2) is 0 Å². The molecular weight excluding hydrogens is 343 g/mol. The highest BCUT2D eigenvalue weighted by molar-refractivity contribution is 5.95. The second-order valence-corrected chi connectivity index (χ2v) is 6.29. The van der Waals surface area contributed by atoms with Crippen molar-refractivity contribution in [3.8, 4) is 16.9 Å². The standard InChI is InChI=1S/C23H17FO3/c1-15-21(26-14-17-9-5-6-10-20(17)24)12-11-18-19(13-22(25)27-23(15)18)16-7-3-2-4-8-16/h2-13H,14H2,1H3. The van der Waals surface area contributed by atoms with Crippen LogP contribution < -0.4 is 10.4 Å². The molecule has 4 aromatic rings. The Labute approximate surface area is 155 Å². The van der Waals surface area contributed by atoms with Crippen LogP contribution in [0, 0.1) is 12.7 Å². The summed E-state index contributed by atoms with van der Waals surface area (Å²) in [4.78, 5) is 12.1. The molecule has 4 heteroatoms. The molecule has 0 amide bonds. The van der Waals surface area contributed by atoms with Gasteiger partial charge in [-0.15, -0.1) is 0 Å². The smallest absolute Gasteiger partial charge is 0.336 e. The summed E-state index contributed by atoms with van der Waals surface area (Å²) < 4.78 is 25.1. The van der Waals surface area contributed by atoms with E-state index in [0.29, 0.717) is 22.5 Å². The van der Waals surface area contributed by atoms with Crippen LogP contribution in [-0.4, -0.2) is 0 Å². The third-order valence-corrected chi connectivity index (χ3v) is 4.54. The molecule has 0 aliphatic rings. The maximum Gasteiger partial charge on any atom is 0.336 e. The molecule has 1 aromatic heterocycles. The second-order valence-electron chi connectivity index (χ2n) is 6.29. The topological polar surface area (TPSA) is 39.4 Å². The van der Waals surface area contributed by atoms with Crippen molar-refractivity contribution < 1.29 is 13.5 Å². The van der Waals surface area contributed by atoms with Crippen molar-refractivity contribution in [2.24, 2.45) is 0 Å². The fourth-order valence-corrected chi connectivity index (χ4v) is 3.13. The molecule has 0 saturated carbocycles. The first kappa shape index (κ1) is 17.0. The molecule has 0 saturated heterocycles. The Bertz CT molecular complexity index is 1160. The van der Waals surface area contributed by atoms with Crippen LogP contribution in [0.3, 0.4) is 0 Å². The molecule has 0 atom stereocenters. The van der Waals surface area contributed by atoms with E-state index in [1.807, 2.05) is 49.4 Å². The molecule has 0 fully saturated rings. The third kappa shape index (κ3) is 3.34. The number of hydrogen-bond acceptors (Lipinski definition) is 3. The van der Waals surface area contributed by atoms with Crippen LogP contribution >= 0.6 is 0 Å². The molecule has 0 bridgehead atoms. The Morgan fingerprint density at radius 1 is 0.963 bits per heavy atom. The van der Waals surface area contributed by atoms with Gasteiger partial charge in [-0.1, -0.05) is 48.5 Å². The van der Waals surface area contributed by atoms with E-state index < -0.39 is 5.63 Å². The lowest BCUT2D eigenvalue weighted by atomic mass is 10.0. The molecule has 0 N–H and O–H groups in total. The second kappa shape index (κ2) is 7.08. The highest BCUT2D eigenvalue weighted by Crippen LogP contribution is 2.33. The number of hydrogen-bond donors (Lipinski definition) is 0. The van der Waals surface area contributed by atoms with Gasteiger partial charge in [0, 0.05) is 22.6 Å². The number of ether oxygens (including phenoxy) is 1. The molecule has 3 nitrogen and oxygen atoms in total. The van der Waals surface area contributed by atoms with Gasteiger partial charge in [-0.25, -0.2) is 9.18 Å². The first-order valence-corrected chi connectivity index (χ1v) is 8.62. The Morgan fingerprint density at radius 3 is 2.48 bits per heavy atom. The Kier molecular flexibility index (Phi) is 4.47. The fourth-order valence-electron chi connectivity index (χ4n) is 3.13. The van der Waals surface area contributed by atoms with E-state index in [2.05, 4.69) is 0 Å². The van der Waals surface area contributed by atoms with Crippen molar-refractivity contribution in [3.05, 3.63) is 100 Å². The Balaban J connectivity index is 1.76. The van der Waals surface area contributed by atoms with Crippen LogP contribution in [0.2, 0.25) is 0 Å². The number of benzene rings is 3. The van der Waals surface area contributed by atoms with Crippen molar-refractivity contribution in [2.75, 3.05) is 0 Å². The van der Waals surface area contributed by atoms with Gasteiger partial charge in [-0.2, -0.15) is 0 Å². The average Bonchev–Trinajstić information content (AvgIpc) is 2.69. The van der Waals surface area contributed by atoms with Gasteiger partial charge in [0.1, 0.15) is 23.8 Å². The first-order valence-electron chi connectivity index (χ1n) is 8.62. The largest absolute Gasteiger partial charge is 0.488 e. The minimum absolute atomic E-state index is 0.0988. The van der Waals surface area contributed by atoms with Crippen LogP contribution in [0.1, 0.15) is 11.1 Å². The monoisotopic (exact) mass is 360 g/mol. The zero-order valence-corrected chi connectivity index (χ0v) is 14.7. The van der Waals surface area contributed by atoms with Gasteiger partial charge >= 0.3 is 5.63 Å². The normalized spacial score (nSPS) is 10.9. The molecule has 0 spiro atoms. The highest BCUT2D eigenvalue weighted by Gasteiger charge is 2.13.